The zero-order chi connectivity index (χ0) is 13.0. The van der Waals surface area contributed by atoms with E-state index in [0.29, 0.717) is 17.1 Å². The van der Waals surface area contributed by atoms with Gasteiger partial charge in [0.25, 0.3) is 0 Å². The van der Waals surface area contributed by atoms with Crippen molar-refractivity contribution in [3.8, 4) is 0 Å². The quantitative estimate of drug-likeness (QED) is 0.913. The molecule has 0 amide bonds. The van der Waals surface area contributed by atoms with Gasteiger partial charge in [0.1, 0.15) is 0 Å². The lowest BCUT2D eigenvalue weighted by molar-refractivity contribution is 0.602. The summed E-state index contributed by atoms with van der Waals surface area (Å²) in [7, 11) is -3.19. The molecular formula is C12H14N2O2S2. The third-order valence-electron chi connectivity index (χ3n) is 2.47. The monoisotopic (exact) mass is 282 g/mol. The van der Waals surface area contributed by atoms with Crippen LogP contribution in [0.5, 0.6) is 0 Å². The van der Waals surface area contributed by atoms with Gasteiger partial charge in [-0.15, -0.1) is 11.3 Å². The zero-order valence-electron chi connectivity index (χ0n) is 9.96. The molecule has 0 atom stereocenters. The number of thiazole rings is 1. The molecule has 0 radical (unpaired) electrons. The number of benzene rings is 1. The van der Waals surface area contributed by atoms with Gasteiger partial charge in [-0.3, -0.25) is 0 Å². The van der Waals surface area contributed by atoms with Gasteiger partial charge in [-0.25, -0.2) is 13.4 Å². The van der Waals surface area contributed by atoms with E-state index in [9.17, 15) is 8.42 Å². The molecule has 0 aliphatic heterocycles. The summed E-state index contributed by atoms with van der Waals surface area (Å²) in [5, 5.41) is 5.13. The van der Waals surface area contributed by atoms with Gasteiger partial charge in [0, 0.05) is 24.6 Å². The second-order valence-corrected chi connectivity index (χ2v) is 6.63. The van der Waals surface area contributed by atoms with E-state index in [1.165, 1.54) is 6.26 Å². The number of nitrogens with one attached hydrogen (secondary N) is 1. The molecule has 0 unspecified atom stereocenters. The maximum atomic E-state index is 11.6. The lowest BCUT2D eigenvalue weighted by atomic mass is 10.3. The van der Waals surface area contributed by atoms with Gasteiger partial charge in [0.2, 0.25) is 0 Å². The van der Waals surface area contributed by atoms with E-state index in [1.807, 2.05) is 11.4 Å². The van der Waals surface area contributed by atoms with Crippen LogP contribution in [-0.2, 0) is 16.3 Å². The van der Waals surface area contributed by atoms with Crippen LogP contribution < -0.4 is 5.32 Å². The third-order valence-corrected chi connectivity index (χ3v) is 4.26. The smallest absolute Gasteiger partial charge is 0.177 e. The summed E-state index contributed by atoms with van der Waals surface area (Å²) in [6, 6.07) is 6.93. The van der Waals surface area contributed by atoms with Crippen LogP contribution >= 0.6 is 11.3 Å². The first-order chi connectivity index (χ1) is 8.57. The molecule has 0 saturated carbocycles. The Labute approximate surface area is 111 Å². The predicted molar refractivity (Wildman–Crippen MR) is 73.9 cm³/mol. The predicted octanol–water partition coefficient (Wildman–Crippen LogP) is 2.20. The second kappa shape index (κ2) is 5.49. The summed E-state index contributed by atoms with van der Waals surface area (Å²) in [6.45, 7) is 0.663. The third kappa shape index (κ3) is 3.30. The topological polar surface area (TPSA) is 59.1 Å². The molecule has 1 aromatic heterocycles. The molecule has 1 aromatic carbocycles. The van der Waals surface area contributed by atoms with Gasteiger partial charge in [-0.2, -0.15) is 0 Å². The van der Waals surface area contributed by atoms with Gasteiger partial charge < -0.3 is 5.32 Å². The number of hydrogen-bond acceptors (Lipinski definition) is 5. The van der Waals surface area contributed by atoms with Crippen molar-refractivity contribution >= 4 is 26.9 Å². The van der Waals surface area contributed by atoms with Crippen molar-refractivity contribution in [3.63, 3.8) is 0 Å². The summed E-state index contributed by atoms with van der Waals surface area (Å²) in [5.41, 5.74) is 3.46. The molecular weight excluding hydrogens is 268 g/mol. The number of sulfone groups is 1. The Bertz CT molecular complexity index is 607. The number of aromatic nitrogens is 1. The van der Waals surface area contributed by atoms with Crippen molar-refractivity contribution in [1.82, 2.24) is 4.98 Å². The van der Waals surface area contributed by atoms with E-state index in [4.69, 9.17) is 0 Å². The average Bonchev–Trinajstić information content (AvgIpc) is 2.81. The Morgan fingerprint density at radius 3 is 2.78 bits per heavy atom. The molecule has 0 spiro atoms. The van der Waals surface area contributed by atoms with Crippen LogP contribution in [0, 0.1) is 0 Å². The minimum absolute atomic E-state index is 0.336. The average molecular weight is 282 g/mol. The lowest BCUT2D eigenvalue weighted by Crippen LogP contribution is -2.09. The van der Waals surface area contributed by atoms with Crippen LogP contribution in [0.2, 0.25) is 0 Å². The van der Waals surface area contributed by atoms with E-state index >= 15 is 0 Å². The van der Waals surface area contributed by atoms with Gasteiger partial charge in [-0.05, 0) is 12.1 Å². The van der Waals surface area contributed by atoms with Gasteiger partial charge >= 0.3 is 0 Å². The van der Waals surface area contributed by atoms with E-state index in [1.54, 1.807) is 35.0 Å². The van der Waals surface area contributed by atoms with Crippen LogP contribution in [0.25, 0.3) is 0 Å². The fourth-order valence-electron chi connectivity index (χ4n) is 1.62. The molecule has 96 valence electrons. The minimum Gasteiger partial charge on any atom is -0.384 e. The summed E-state index contributed by atoms with van der Waals surface area (Å²) in [4.78, 5) is 4.52. The summed E-state index contributed by atoms with van der Waals surface area (Å²) in [5.74, 6) is 0. The van der Waals surface area contributed by atoms with Gasteiger partial charge in [0.05, 0.1) is 21.8 Å². The van der Waals surface area contributed by atoms with Crippen LogP contribution in [0.1, 0.15) is 5.69 Å². The molecule has 18 heavy (non-hydrogen) atoms. The Kier molecular flexibility index (Phi) is 3.98. The van der Waals surface area contributed by atoms with Crippen molar-refractivity contribution in [2.24, 2.45) is 0 Å². The zero-order valence-corrected chi connectivity index (χ0v) is 11.6. The highest BCUT2D eigenvalue weighted by molar-refractivity contribution is 7.90. The molecule has 0 aliphatic rings. The van der Waals surface area contributed by atoms with E-state index < -0.39 is 9.84 Å². The fourth-order valence-corrected chi connectivity index (χ4v) is 3.08. The Hall–Kier alpha value is -1.40. The standard InChI is InChI=1S/C12H14N2O2S2/c1-18(15,16)12-5-3-2-4-11(12)13-7-6-10-8-17-9-14-10/h2-5,8-9,13H,6-7H2,1H3. The van der Waals surface area contributed by atoms with Crippen LogP contribution in [0.3, 0.4) is 0 Å². The minimum atomic E-state index is -3.19. The van der Waals surface area contributed by atoms with Crippen LogP contribution in [-0.4, -0.2) is 26.2 Å². The second-order valence-electron chi connectivity index (χ2n) is 3.92. The number of rotatable bonds is 5. The highest BCUT2D eigenvalue weighted by Crippen LogP contribution is 2.20. The number of hydrogen-bond donors (Lipinski definition) is 1. The first kappa shape index (κ1) is 13.0. The lowest BCUT2D eigenvalue weighted by Gasteiger charge is -2.09. The highest BCUT2D eigenvalue weighted by Gasteiger charge is 2.11. The molecule has 2 aromatic rings. The number of anilines is 1. The van der Waals surface area contributed by atoms with E-state index in [-0.39, 0.29) is 0 Å². The van der Waals surface area contributed by atoms with Crippen molar-refractivity contribution in [2.45, 2.75) is 11.3 Å². The van der Waals surface area contributed by atoms with Crippen molar-refractivity contribution in [1.29, 1.82) is 0 Å². The van der Waals surface area contributed by atoms with Crippen molar-refractivity contribution in [2.75, 3.05) is 18.1 Å². The molecule has 1 heterocycles. The maximum absolute atomic E-state index is 11.6. The highest BCUT2D eigenvalue weighted by atomic mass is 32.2. The normalized spacial score (nSPS) is 11.4. The largest absolute Gasteiger partial charge is 0.384 e. The molecule has 1 N–H and O–H groups in total. The molecule has 0 bridgehead atoms. The van der Waals surface area contributed by atoms with Crippen molar-refractivity contribution < 1.29 is 8.42 Å². The molecule has 0 saturated heterocycles. The number of para-hydroxylation sites is 1. The first-order valence-electron chi connectivity index (χ1n) is 5.47. The summed E-state index contributed by atoms with van der Waals surface area (Å²) in [6.07, 6.45) is 2.00. The number of nitrogens with zero attached hydrogens (tertiary/aromatic N) is 1. The Morgan fingerprint density at radius 2 is 2.11 bits per heavy atom. The summed E-state index contributed by atoms with van der Waals surface area (Å²) >= 11 is 1.56. The van der Waals surface area contributed by atoms with E-state index in [2.05, 4.69) is 10.3 Å². The molecule has 0 fully saturated rings. The molecule has 2 rings (SSSR count). The molecule has 0 aliphatic carbocycles. The molecule has 6 heteroatoms. The SMILES string of the molecule is CS(=O)(=O)c1ccccc1NCCc1cscn1. The fraction of sp³-hybridized carbons (Fsp3) is 0.250. The van der Waals surface area contributed by atoms with Gasteiger partial charge in [0.15, 0.2) is 9.84 Å². The van der Waals surface area contributed by atoms with Crippen molar-refractivity contribution in [3.05, 3.63) is 40.8 Å². The Morgan fingerprint density at radius 1 is 1.33 bits per heavy atom. The van der Waals surface area contributed by atoms with E-state index in [0.717, 1.165) is 12.1 Å². The first-order valence-corrected chi connectivity index (χ1v) is 8.31. The molecule has 4 nitrogen and oxygen atoms in total. The van der Waals surface area contributed by atoms with Crippen LogP contribution in [0.4, 0.5) is 5.69 Å². The summed E-state index contributed by atoms with van der Waals surface area (Å²) < 4.78 is 23.2. The maximum Gasteiger partial charge on any atom is 0.177 e. The van der Waals surface area contributed by atoms with Gasteiger partial charge in [-0.1, -0.05) is 12.1 Å². The van der Waals surface area contributed by atoms with Crippen LogP contribution in [0.15, 0.2) is 40.1 Å². The Balaban J connectivity index is 2.06.